The van der Waals surface area contributed by atoms with Gasteiger partial charge in [0.05, 0.1) is 0 Å². The SMILES string of the molecule is Cc1ccsc1C(O)c1ccc(Br)c2ccccc12. The van der Waals surface area contributed by atoms with Gasteiger partial charge < -0.3 is 5.11 Å². The molecule has 1 aromatic heterocycles. The van der Waals surface area contributed by atoms with Crippen molar-refractivity contribution in [2.24, 2.45) is 0 Å². The van der Waals surface area contributed by atoms with E-state index >= 15 is 0 Å². The normalized spacial score (nSPS) is 12.8. The fourth-order valence-corrected chi connectivity index (χ4v) is 3.74. The molecule has 3 heteroatoms. The van der Waals surface area contributed by atoms with Crippen molar-refractivity contribution in [2.75, 3.05) is 0 Å². The van der Waals surface area contributed by atoms with E-state index in [1.807, 2.05) is 42.6 Å². The molecule has 2 aromatic carbocycles. The van der Waals surface area contributed by atoms with Gasteiger partial charge in [0.15, 0.2) is 0 Å². The van der Waals surface area contributed by atoms with E-state index in [0.29, 0.717) is 0 Å². The van der Waals surface area contributed by atoms with Gasteiger partial charge in [0.25, 0.3) is 0 Å². The Morgan fingerprint density at radius 3 is 2.47 bits per heavy atom. The molecule has 0 fully saturated rings. The summed E-state index contributed by atoms with van der Waals surface area (Å²) >= 11 is 5.17. The summed E-state index contributed by atoms with van der Waals surface area (Å²) < 4.78 is 1.06. The number of hydrogen-bond acceptors (Lipinski definition) is 2. The highest BCUT2D eigenvalue weighted by atomic mass is 79.9. The molecule has 1 unspecified atom stereocenters. The maximum absolute atomic E-state index is 10.6. The number of hydrogen-bond donors (Lipinski definition) is 1. The van der Waals surface area contributed by atoms with Crippen molar-refractivity contribution in [3.8, 4) is 0 Å². The van der Waals surface area contributed by atoms with E-state index < -0.39 is 6.10 Å². The Hall–Kier alpha value is -1.16. The van der Waals surface area contributed by atoms with Crippen molar-refractivity contribution in [3.05, 3.63) is 68.3 Å². The van der Waals surface area contributed by atoms with Crippen LogP contribution in [-0.2, 0) is 0 Å². The first-order valence-corrected chi connectivity index (χ1v) is 7.75. The van der Waals surface area contributed by atoms with Crippen molar-refractivity contribution in [1.82, 2.24) is 0 Å². The highest BCUT2D eigenvalue weighted by Crippen LogP contribution is 2.35. The molecule has 19 heavy (non-hydrogen) atoms. The van der Waals surface area contributed by atoms with Crippen LogP contribution in [0.15, 0.2) is 52.3 Å². The molecule has 0 aliphatic heterocycles. The lowest BCUT2D eigenvalue weighted by molar-refractivity contribution is 0.225. The second-order valence-corrected chi connectivity index (χ2v) is 6.35. The topological polar surface area (TPSA) is 20.2 Å². The van der Waals surface area contributed by atoms with Crippen LogP contribution in [0, 0.1) is 6.92 Å². The van der Waals surface area contributed by atoms with Gasteiger partial charge in [0.2, 0.25) is 0 Å². The number of aliphatic hydroxyl groups is 1. The van der Waals surface area contributed by atoms with Gasteiger partial charge >= 0.3 is 0 Å². The standard InChI is InChI=1S/C16H13BrOS/c1-10-8-9-19-16(10)15(18)13-6-7-14(17)12-5-3-2-4-11(12)13/h2-9,15,18H,1H3. The molecule has 1 atom stereocenters. The van der Waals surface area contributed by atoms with Crippen LogP contribution in [0.2, 0.25) is 0 Å². The summed E-state index contributed by atoms with van der Waals surface area (Å²) in [6, 6.07) is 14.2. The molecule has 96 valence electrons. The predicted molar refractivity (Wildman–Crippen MR) is 84.8 cm³/mol. The van der Waals surface area contributed by atoms with Gasteiger partial charge in [-0.15, -0.1) is 11.3 Å². The van der Waals surface area contributed by atoms with E-state index in [0.717, 1.165) is 31.2 Å². The summed E-state index contributed by atoms with van der Waals surface area (Å²) in [5, 5.41) is 14.9. The predicted octanol–water partition coefficient (Wildman–Crippen LogP) is 5.05. The zero-order valence-corrected chi connectivity index (χ0v) is 12.8. The van der Waals surface area contributed by atoms with Crippen LogP contribution >= 0.6 is 27.3 Å². The second kappa shape index (κ2) is 5.08. The Balaban J connectivity index is 2.21. The van der Waals surface area contributed by atoms with Crippen molar-refractivity contribution in [3.63, 3.8) is 0 Å². The van der Waals surface area contributed by atoms with E-state index in [2.05, 4.69) is 28.1 Å². The van der Waals surface area contributed by atoms with Crippen molar-refractivity contribution < 1.29 is 5.11 Å². The molecule has 0 bridgehead atoms. The number of fused-ring (bicyclic) bond motifs is 1. The summed E-state index contributed by atoms with van der Waals surface area (Å²) in [5.41, 5.74) is 2.11. The average molecular weight is 333 g/mol. The summed E-state index contributed by atoms with van der Waals surface area (Å²) in [5.74, 6) is 0. The minimum atomic E-state index is -0.557. The zero-order valence-electron chi connectivity index (χ0n) is 10.4. The average Bonchev–Trinajstić information content (AvgIpc) is 2.85. The maximum Gasteiger partial charge on any atom is 0.114 e. The quantitative estimate of drug-likeness (QED) is 0.695. The van der Waals surface area contributed by atoms with E-state index in [9.17, 15) is 5.11 Å². The van der Waals surface area contributed by atoms with E-state index in [1.165, 1.54) is 0 Å². The van der Waals surface area contributed by atoms with E-state index in [4.69, 9.17) is 0 Å². The number of rotatable bonds is 2. The number of aliphatic hydroxyl groups excluding tert-OH is 1. The molecule has 0 saturated heterocycles. The first-order valence-electron chi connectivity index (χ1n) is 6.07. The fraction of sp³-hybridized carbons (Fsp3) is 0.125. The molecule has 1 N–H and O–H groups in total. The molecule has 0 amide bonds. The lowest BCUT2D eigenvalue weighted by Crippen LogP contribution is -2.00. The van der Waals surface area contributed by atoms with E-state index in [1.54, 1.807) is 11.3 Å². The summed E-state index contributed by atoms with van der Waals surface area (Å²) in [6.07, 6.45) is -0.557. The molecular weight excluding hydrogens is 320 g/mol. The zero-order chi connectivity index (χ0) is 13.4. The second-order valence-electron chi connectivity index (χ2n) is 4.55. The third kappa shape index (κ3) is 2.22. The van der Waals surface area contributed by atoms with Crippen LogP contribution in [0.25, 0.3) is 10.8 Å². The van der Waals surface area contributed by atoms with Gasteiger partial charge in [-0.3, -0.25) is 0 Å². The molecule has 1 heterocycles. The smallest absolute Gasteiger partial charge is 0.114 e. The Morgan fingerprint density at radius 1 is 1.05 bits per heavy atom. The van der Waals surface area contributed by atoms with Gasteiger partial charge in [-0.25, -0.2) is 0 Å². The number of aryl methyl sites for hydroxylation is 1. The fourth-order valence-electron chi connectivity index (χ4n) is 2.33. The molecule has 0 aliphatic carbocycles. The monoisotopic (exact) mass is 332 g/mol. The lowest BCUT2D eigenvalue weighted by atomic mass is 9.98. The van der Waals surface area contributed by atoms with Crippen LogP contribution in [0.3, 0.4) is 0 Å². The van der Waals surface area contributed by atoms with E-state index in [-0.39, 0.29) is 0 Å². The third-order valence-corrected chi connectivity index (χ3v) is 5.11. The molecule has 3 rings (SSSR count). The van der Waals surface area contributed by atoms with Crippen LogP contribution in [-0.4, -0.2) is 5.11 Å². The Morgan fingerprint density at radius 2 is 1.79 bits per heavy atom. The van der Waals surface area contributed by atoms with Crippen molar-refractivity contribution in [2.45, 2.75) is 13.0 Å². The molecule has 0 radical (unpaired) electrons. The Bertz CT molecular complexity index is 732. The first kappa shape index (κ1) is 12.9. The molecule has 3 aromatic rings. The number of thiophene rings is 1. The highest BCUT2D eigenvalue weighted by molar-refractivity contribution is 9.10. The van der Waals surface area contributed by atoms with Gasteiger partial charge in [-0.1, -0.05) is 46.3 Å². The Labute approximate surface area is 124 Å². The third-order valence-electron chi connectivity index (χ3n) is 3.35. The Kier molecular flexibility index (Phi) is 3.44. The number of benzene rings is 2. The summed E-state index contributed by atoms with van der Waals surface area (Å²) in [6.45, 7) is 2.04. The van der Waals surface area contributed by atoms with Gasteiger partial charge in [-0.2, -0.15) is 0 Å². The van der Waals surface area contributed by atoms with Crippen LogP contribution < -0.4 is 0 Å². The van der Waals surface area contributed by atoms with Crippen LogP contribution in [0.1, 0.15) is 22.1 Å². The van der Waals surface area contributed by atoms with Crippen molar-refractivity contribution in [1.29, 1.82) is 0 Å². The minimum absolute atomic E-state index is 0.557. The summed E-state index contributed by atoms with van der Waals surface area (Å²) in [7, 11) is 0. The minimum Gasteiger partial charge on any atom is -0.383 e. The van der Waals surface area contributed by atoms with Gasteiger partial charge in [0.1, 0.15) is 6.10 Å². The molecule has 1 nitrogen and oxygen atoms in total. The van der Waals surface area contributed by atoms with Crippen molar-refractivity contribution >= 4 is 38.0 Å². The van der Waals surface area contributed by atoms with Gasteiger partial charge in [0, 0.05) is 9.35 Å². The largest absolute Gasteiger partial charge is 0.383 e. The van der Waals surface area contributed by atoms with Gasteiger partial charge in [-0.05, 0) is 46.3 Å². The first-order chi connectivity index (χ1) is 9.18. The molecule has 0 saturated carbocycles. The summed E-state index contributed by atoms with van der Waals surface area (Å²) in [4.78, 5) is 1.02. The van der Waals surface area contributed by atoms with Crippen LogP contribution in [0.5, 0.6) is 0 Å². The molecule has 0 spiro atoms. The maximum atomic E-state index is 10.6. The molecular formula is C16H13BrOS. The highest BCUT2D eigenvalue weighted by Gasteiger charge is 2.17. The molecule has 0 aliphatic rings. The lowest BCUT2D eigenvalue weighted by Gasteiger charge is -2.14. The number of halogens is 1. The van der Waals surface area contributed by atoms with Crippen LogP contribution in [0.4, 0.5) is 0 Å².